The highest BCUT2D eigenvalue weighted by molar-refractivity contribution is 9.10. The number of aromatic nitrogens is 3. The lowest BCUT2D eigenvalue weighted by atomic mass is 10.3. The van der Waals surface area contributed by atoms with Crippen molar-refractivity contribution in [3.63, 3.8) is 0 Å². The Labute approximate surface area is 108 Å². The zero-order chi connectivity index (χ0) is 13.3. The fraction of sp³-hybridized carbons (Fsp3) is 0.100. The van der Waals surface area contributed by atoms with E-state index in [4.69, 9.17) is 0 Å². The van der Waals surface area contributed by atoms with Gasteiger partial charge in [-0.25, -0.2) is 9.67 Å². The molecule has 0 bridgehead atoms. The lowest BCUT2D eigenvalue weighted by Crippen LogP contribution is -2.14. The van der Waals surface area contributed by atoms with Gasteiger partial charge in [0.2, 0.25) is 0 Å². The molecule has 2 aromatic heterocycles. The molecular weight excluding hydrogens is 315 g/mol. The molecule has 0 aromatic carbocycles. The van der Waals surface area contributed by atoms with Crippen molar-refractivity contribution in [1.29, 1.82) is 0 Å². The van der Waals surface area contributed by atoms with Crippen LogP contribution in [0.2, 0.25) is 0 Å². The summed E-state index contributed by atoms with van der Waals surface area (Å²) in [5.41, 5.74) is -1.34. The number of hydrogen-bond acceptors (Lipinski definition) is 3. The highest BCUT2D eigenvalue weighted by Crippen LogP contribution is 2.31. The van der Waals surface area contributed by atoms with E-state index in [0.29, 0.717) is 15.2 Å². The summed E-state index contributed by atoms with van der Waals surface area (Å²) in [5.74, 6) is -0.0152. The predicted molar refractivity (Wildman–Crippen MR) is 59.4 cm³/mol. The van der Waals surface area contributed by atoms with Crippen LogP contribution in [0, 0.1) is 0 Å². The molecule has 8 heteroatoms. The number of aldehydes is 1. The molecule has 2 heterocycles. The van der Waals surface area contributed by atoms with Crippen LogP contribution in [0.3, 0.4) is 0 Å². The Balaban J connectivity index is 2.59. The Morgan fingerprint density at radius 2 is 2.06 bits per heavy atom. The SMILES string of the molecule is O=Cc1cc(C(F)(F)F)n(-c2ccc(Br)cn2)n1. The molecule has 0 radical (unpaired) electrons. The number of alkyl halides is 3. The minimum Gasteiger partial charge on any atom is -0.296 e. The molecule has 0 aliphatic heterocycles. The van der Waals surface area contributed by atoms with Crippen LogP contribution >= 0.6 is 15.9 Å². The molecule has 2 aromatic rings. The van der Waals surface area contributed by atoms with Gasteiger partial charge in [-0.3, -0.25) is 4.79 Å². The van der Waals surface area contributed by atoms with Gasteiger partial charge in [-0.15, -0.1) is 0 Å². The molecule has 0 saturated heterocycles. The summed E-state index contributed by atoms with van der Waals surface area (Å²) in [7, 11) is 0. The van der Waals surface area contributed by atoms with Crippen molar-refractivity contribution in [2.75, 3.05) is 0 Å². The summed E-state index contributed by atoms with van der Waals surface area (Å²) in [6.07, 6.45) is -3.01. The van der Waals surface area contributed by atoms with Crippen LogP contribution < -0.4 is 0 Å². The molecule has 0 N–H and O–H groups in total. The number of halogens is 4. The van der Waals surface area contributed by atoms with Gasteiger partial charge < -0.3 is 0 Å². The lowest BCUT2D eigenvalue weighted by molar-refractivity contribution is -0.142. The third-order valence-corrected chi connectivity index (χ3v) is 2.54. The highest BCUT2D eigenvalue weighted by Gasteiger charge is 2.36. The van der Waals surface area contributed by atoms with Crippen LogP contribution in [-0.2, 0) is 6.18 Å². The van der Waals surface area contributed by atoms with Crippen LogP contribution in [0.1, 0.15) is 16.2 Å². The Bertz CT molecular complexity index is 577. The Hall–Kier alpha value is -1.70. The van der Waals surface area contributed by atoms with Crippen molar-refractivity contribution in [1.82, 2.24) is 14.8 Å². The molecule has 2 rings (SSSR count). The van der Waals surface area contributed by atoms with Gasteiger partial charge in [-0.1, -0.05) is 0 Å². The molecule has 0 saturated carbocycles. The van der Waals surface area contributed by atoms with E-state index >= 15 is 0 Å². The molecular formula is C10H5BrF3N3O. The van der Waals surface area contributed by atoms with Crippen molar-refractivity contribution in [3.8, 4) is 5.82 Å². The van der Waals surface area contributed by atoms with Crippen LogP contribution in [0.25, 0.3) is 5.82 Å². The van der Waals surface area contributed by atoms with Gasteiger partial charge in [-0.05, 0) is 34.1 Å². The van der Waals surface area contributed by atoms with E-state index in [-0.39, 0.29) is 17.8 Å². The summed E-state index contributed by atoms with van der Waals surface area (Å²) in [6, 6.07) is 3.57. The van der Waals surface area contributed by atoms with E-state index in [1.54, 1.807) is 0 Å². The summed E-state index contributed by atoms with van der Waals surface area (Å²) in [4.78, 5) is 14.3. The summed E-state index contributed by atoms with van der Waals surface area (Å²) in [5, 5.41) is 3.55. The molecule has 0 spiro atoms. The number of carbonyl (C=O) groups excluding carboxylic acids is 1. The Kier molecular flexibility index (Phi) is 3.20. The van der Waals surface area contributed by atoms with E-state index in [1.807, 2.05) is 0 Å². The lowest BCUT2D eigenvalue weighted by Gasteiger charge is -2.09. The van der Waals surface area contributed by atoms with Crippen LogP contribution in [0.15, 0.2) is 28.9 Å². The fourth-order valence-corrected chi connectivity index (χ4v) is 1.56. The first-order chi connectivity index (χ1) is 8.41. The zero-order valence-electron chi connectivity index (χ0n) is 8.65. The van der Waals surface area contributed by atoms with E-state index < -0.39 is 11.9 Å². The van der Waals surface area contributed by atoms with Crippen molar-refractivity contribution < 1.29 is 18.0 Å². The molecule has 0 unspecified atom stereocenters. The number of hydrogen-bond donors (Lipinski definition) is 0. The van der Waals surface area contributed by atoms with Gasteiger partial charge in [0, 0.05) is 10.7 Å². The third-order valence-electron chi connectivity index (χ3n) is 2.07. The van der Waals surface area contributed by atoms with E-state index in [2.05, 4.69) is 26.0 Å². The number of pyridine rings is 1. The molecule has 18 heavy (non-hydrogen) atoms. The van der Waals surface area contributed by atoms with Gasteiger partial charge in [0.1, 0.15) is 5.69 Å². The maximum atomic E-state index is 12.7. The second-order valence-corrected chi connectivity index (χ2v) is 4.23. The standard InChI is InChI=1S/C10H5BrF3N3O/c11-6-1-2-9(15-4-6)17-8(10(12,13)14)3-7(5-18)16-17/h1-5H. The fourth-order valence-electron chi connectivity index (χ4n) is 1.33. The maximum absolute atomic E-state index is 12.7. The van der Waals surface area contributed by atoms with Crippen molar-refractivity contribution in [3.05, 3.63) is 40.3 Å². The highest BCUT2D eigenvalue weighted by atomic mass is 79.9. The average molecular weight is 320 g/mol. The Morgan fingerprint density at radius 1 is 1.33 bits per heavy atom. The van der Waals surface area contributed by atoms with E-state index in [0.717, 1.165) is 0 Å². The quantitative estimate of drug-likeness (QED) is 0.800. The zero-order valence-corrected chi connectivity index (χ0v) is 10.2. The smallest absolute Gasteiger partial charge is 0.296 e. The maximum Gasteiger partial charge on any atom is 0.433 e. The number of carbonyl (C=O) groups is 1. The second-order valence-electron chi connectivity index (χ2n) is 3.32. The van der Waals surface area contributed by atoms with Crippen molar-refractivity contribution in [2.24, 2.45) is 0 Å². The first kappa shape index (κ1) is 12.7. The van der Waals surface area contributed by atoms with Gasteiger partial charge in [0.15, 0.2) is 17.8 Å². The minimum atomic E-state index is -4.61. The van der Waals surface area contributed by atoms with Crippen LogP contribution in [-0.4, -0.2) is 21.1 Å². The van der Waals surface area contributed by atoms with Crippen molar-refractivity contribution >= 4 is 22.2 Å². The molecule has 0 aliphatic rings. The molecule has 0 fully saturated rings. The molecule has 0 aliphatic carbocycles. The first-order valence-corrected chi connectivity index (χ1v) is 5.45. The third kappa shape index (κ3) is 2.42. The normalized spacial score (nSPS) is 11.6. The van der Waals surface area contributed by atoms with Crippen LogP contribution in [0.5, 0.6) is 0 Å². The van der Waals surface area contributed by atoms with E-state index in [1.165, 1.54) is 18.3 Å². The predicted octanol–water partition coefficient (Wildman–Crippen LogP) is 2.86. The van der Waals surface area contributed by atoms with Gasteiger partial charge in [0.05, 0.1) is 0 Å². The van der Waals surface area contributed by atoms with Gasteiger partial charge in [-0.2, -0.15) is 18.3 Å². The number of rotatable bonds is 2. The minimum absolute atomic E-state index is 0.0152. The summed E-state index contributed by atoms with van der Waals surface area (Å²) >= 11 is 3.12. The molecule has 0 amide bonds. The first-order valence-electron chi connectivity index (χ1n) is 4.66. The monoisotopic (exact) mass is 319 g/mol. The number of nitrogens with zero attached hydrogens (tertiary/aromatic N) is 3. The van der Waals surface area contributed by atoms with E-state index in [9.17, 15) is 18.0 Å². The summed E-state index contributed by atoms with van der Waals surface area (Å²) in [6.45, 7) is 0. The average Bonchev–Trinajstić information content (AvgIpc) is 2.74. The van der Waals surface area contributed by atoms with Gasteiger partial charge in [0.25, 0.3) is 0 Å². The van der Waals surface area contributed by atoms with Crippen LogP contribution in [0.4, 0.5) is 13.2 Å². The molecule has 94 valence electrons. The van der Waals surface area contributed by atoms with Gasteiger partial charge >= 0.3 is 6.18 Å². The topological polar surface area (TPSA) is 47.8 Å². The van der Waals surface area contributed by atoms with Crippen molar-refractivity contribution in [2.45, 2.75) is 6.18 Å². The second kappa shape index (κ2) is 4.52. The molecule has 0 atom stereocenters. The largest absolute Gasteiger partial charge is 0.433 e. The summed E-state index contributed by atoms with van der Waals surface area (Å²) < 4.78 is 39.5. The molecule has 4 nitrogen and oxygen atoms in total. The Morgan fingerprint density at radius 3 is 2.56 bits per heavy atom.